The zero-order valence-corrected chi connectivity index (χ0v) is 17.0. The van der Waals surface area contributed by atoms with Gasteiger partial charge in [-0.15, -0.1) is 11.8 Å². The first kappa shape index (κ1) is 20.0. The Bertz CT molecular complexity index is 983. The van der Waals surface area contributed by atoms with E-state index in [-0.39, 0.29) is 11.8 Å². The van der Waals surface area contributed by atoms with Gasteiger partial charge in [0.2, 0.25) is 5.91 Å². The lowest BCUT2D eigenvalue weighted by atomic mass is 10.1. The van der Waals surface area contributed by atoms with E-state index < -0.39 is 0 Å². The lowest BCUT2D eigenvalue weighted by Gasteiger charge is -2.19. The van der Waals surface area contributed by atoms with Gasteiger partial charge in [0.25, 0.3) is 5.91 Å². The van der Waals surface area contributed by atoms with E-state index >= 15 is 0 Å². The van der Waals surface area contributed by atoms with Crippen molar-refractivity contribution in [3.8, 4) is 0 Å². The summed E-state index contributed by atoms with van der Waals surface area (Å²) in [5, 5.41) is 5.24. The molecule has 0 atom stereocenters. The van der Waals surface area contributed by atoms with Crippen molar-refractivity contribution < 1.29 is 9.59 Å². The molecule has 0 unspecified atom stereocenters. The van der Waals surface area contributed by atoms with Crippen molar-refractivity contribution in [1.82, 2.24) is 4.90 Å². The maximum absolute atomic E-state index is 12.5. The molecule has 0 aliphatic heterocycles. The van der Waals surface area contributed by atoms with Crippen molar-refractivity contribution in [2.75, 3.05) is 24.2 Å². The molecule has 28 heavy (non-hydrogen) atoms. The second kappa shape index (κ2) is 9.42. The summed E-state index contributed by atoms with van der Waals surface area (Å²) in [7, 11) is 0. The SMILES string of the molecule is CCN(CC)C(=O)c1cccc(NC(=O)CSc2ccc3ccccc3c2)c1. The molecule has 0 saturated heterocycles. The van der Waals surface area contributed by atoms with Gasteiger partial charge in [0.1, 0.15) is 0 Å². The molecule has 5 heteroatoms. The van der Waals surface area contributed by atoms with Crippen LogP contribution in [0.15, 0.2) is 71.6 Å². The fourth-order valence-corrected chi connectivity index (χ4v) is 3.77. The summed E-state index contributed by atoms with van der Waals surface area (Å²) in [6, 6.07) is 21.5. The first-order valence-corrected chi connectivity index (χ1v) is 10.4. The van der Waals surface area contributed by atoms with Crippen molar-refractivity contribution >= 4 is 40.0 Å². The van der Waals surface area contributed by atoms with Gasteiger partial charge in [-0.1, -0.05) is 36.4 Å². The van der Waals surface area contributed by atoms with E-state index in [0.717, 1.165) is 10.3 Å². The molecule has 0 radical (unpaired) electrons. The second-order valence-corrected chi connectivity index (χ2v) is 7.45. The van der Waals surface area contributed by atoms with E-state index in [2.05, 4.69) is 29.6 Å². The third-order valence-electron chi connectivity index (χ3n) is 4.53. The number of fused-ring (bicyclic) bond motifs is 1. The molecule has 0 aromatic heterocycles. The molecule has 0 spiro atoms. The Morgan fingerprint density at radius 3 is 2.39 bits per heavy atom. The highest BCUT2D eigenvalue weighted by Gasteiger charge is 2.13. The summed E-state index contributed by atoms with van der Waals surface area (Å²) in [5.41, 5.74) is 1.23. The average molecular weight is 393 g/mol. The van der Waals surface area contributed by atoms with Gasteiger partial charge in [0.15, 0.2) is 0 Å². The Hall–Kier alpha value is -2.79. The fourth-order valence-electron chi connectivity index (χ4n) is 3.03. The van der Waals surface area contributed by atoms with Gasteiger partial charge in [-0.3, -0.25) is 9.59 Å². The van der Waals surface area contributed by atoms with Crippen molar-refractivity contribution in [3.63, 3.8) is 0 Å². The third-order valence-corrected chi connectivity index (χ3v) is 5.53. The standard InChI is InChI=1S/C23H24N2O2S/c1-3-25(4-2)23(27)19-10-7-11-20(14-19)24-22(26)16-28-21-13-12-17-8-5-6-9-18(17)15-21/h5-15H,3-4,16H2,1-2H3,(H,24,26). The number of hydrogen-bond donors (Lipinski definition) is 1. The topological polar surface area (TPSA) is 49.4 Å². The van der Waals surface area contributed by atoms with Gasteiger partial charge in [-0.05, 0) is 55.0 Å². The number of amides is 2. The molecule has 1 N–H and O–H groups in total. The maximum Gasteiger partial charge on any atom is 0.253 e. The largest absolute Gasteiger partial charge is 0.339 e. The quantitative estimate of drug-likeness (QED) is 0.572. The summed E-state index contributed by atoms with van der Waals surface area (Å²) < 4.78 is 0. The molecule has 3 aromatic rings. The molecule has 0 aliphatic rings. The molecule has 0 saturated carbocycles. The zero-order chi connectivity index (χ0) is 19.9. The zero-order valence-electron chi connectivity index (χ0n) is 16.1. The second-order valence-electron chi connectivity index (χ2n) is 6.40. The van der Waals surface area contributed by atoms with Crippen LogP contribution in [0.25, 0.3) is 10.8 Å². The van der Waals surface area contributed by atoms with Crippen LogP contribution in [0.2, 0.25) is 0 Å². The smallest absolute Gasteiger partial charge is 0.253 e. The van der Waals surface area contributed by atoms with Crippen LogP contribution in [0.5, 0.6) is 0 Å². The van der Waals surface area contributed by atoms with E-state index in [0.29, 0.717) is 30.1 Å². The Kier molecular flexibility index (Phi) is 6.71. The monoisotopic (exact) mass is 392 g/mol. The molecule has 0 aliphatic carbocycles. The highest BCUT2D eigenvalue weighted by atomic mass is 32.2. The lowest BCUT2D eigenvalue weighted by molar-refractivity contribution is -0.113. The van der Waals surface area contributed by atoms with Gasteiger partial charge in [-0.25, -0.2) is 0 Å². The normalized spacial score (nSPS) is 10.6. The first-order chi connectivity index (χ1) is 13.6. The maximum atomic E-state index is 12.5. The highest BCUT2D eigenvalue weighted by molar-refractivity contribution is 8.00. The Morgan fingerprint density at radius 2 is 1.64 bits per heavy atom. The molecule has 2 amide bonds. The summed E-state index contributed by atoms with van der Waals surface area (Å²) in [4.78, 5) is 27.6. The molecule has 144 valence electrons. The number of thioether (sulfide) groups is 1. The molecular weight excluding hydrogens is 368 g/mol. The van der Waals surface area contributed by atoms with E-state index in [4.69, 9.17) is 0 Å². The molecule has 0 bridgehead atoms. The van der Waals surface area contributed by atoms with E-state index in [1.165, 1.54) is 17.1 Å². The molecule has 4 nitrogen and oxygen atoms in total. The number of carbonyl (C=O) groups excluding carboxylic acids is 2. The number of anilines is 1. The van der Waals surface area contributed by atoms with Gasteiger partial charge >= 0.3 is 0 Å². The van der Waals surface area contributed by atoms with Gasteiger partial charge in [0.05, 0.1) is 5.75 Å². The van der Waals surface area contributed by atoms with Crippen LogP contribution in [0.3, 0.4) is 0 Å². The summed E-state index contributed by atoms with van der Waals surface area (Å²) in [5.74, 6) is 0.198. The summed E-state index contributed by atoms with van der Waals surface area (Å²) in [6.07, 6.45) is 0. The van der Waals surface area contributed by atoms with E-state index in [1.807, 2.05) is 32.0 Å². The summed E-state index contributed by atoms with van der Waals surface area (Å²) >= 11 is 1.50. The van der Waals surface area contributed by atoms with Crippen molar-refractivity contribution in [2.45, 2.75) is 18.7 Å². The van der Waals surface area contributed by atoms with Crippen molar-refractivity contribution in [3.05, 3.63) is 72.3 Å². The number of hydrogen-bond acceptors (Lipinski definition) is 3. The third kappa shape index (κ3) is 4.93. The van der Waals surface area contributed by atoms with Crippen molar-refractivity contribution in [1.29, 1.82) is 0 Å². The molecule has 0 heterocycles. The number of rotatable bonds is 7. The number of benzene rings is 3. The number of nitrogens with zero attached hydrogens (tertiary/aromatic N) is 1. The predicted octanol–water partition coefficient (Wildman–Crippen LogP) is 5.05. The molecule has 0 fully saturated rings. The van der Waals surface area contributed by atoms with E-state index in [9.17, 15) is 9.59 Å². The van der Waals surface area contributed by atoms with E-state index in [1.54, 1.807) is 29.2 Å². The predicted molar refractivity (Wildman–Crippen MR) is 117 cm³/mol. The average Bonchev–Trinajstić information content (AvgIpc) is 2.73. The van der Waals surface area contributed by atoms with Gasteiger partial charge in [0, 0.05) is 29.2 Å². The molecular formula is C23H24N2O2S. The number of nitrogens with one attached hydrogen (secondary N) is 1. The Morgan fingerprint density at radius 1 is 0.893 bits per heavy atom. The molecule has 3 rings (SSSR count). The van der Waals surface area contributed by atoms with Crippen molar-refractivity contribution in [2.24, 2.45) is 0 Å². The van der Waals surface area contributed by atoms with Crippen LogP contribution in [0.1, 0.15) is 24.2 Å². The van der Waals surface area contributed by atoms with Crippen LogP contribution in [0.4, 0.5) is 5.69 Å². The number of carbonyl (C=O) groups is 2. The van der Waals surface area contributed by atoms with Crippen LogP contribution in [-0.4, -0.2) is 35.6 Å². The Labute approximate surface area is 169 Å². The van der Waals surface area contributed by atoms with Gasteiger partial charge < -0.3 is 10.2 Å². The minimum Gasteiger partial charge on any atom is -0.339 e. The van der Waals surface area contributed by atoms with Crippen LogP contribution in [-0.2, 0) is 4.79 Å². The lowest BCUT2D eigenvalue weighted by Crippen LogP contribution is -2.30. The summed E-state index contributed by atoms with van der Waals surface area (Å²) in [6.45, 7) is 5.23. The van der Waals surface area contributed by atoms with Crippen LogP contribution < -0.4 is 5.32 Å². The minimum atomic E-state index is -0.0920. The van der Waals surface area contributed by atoms with Crippen LogP contribution >= 0.6 is 11.8 Å². The Balaban J connectivity index is 1.61. The molecule has 3 aromatic carbocycles. The first-order valence-electron chi connectivity index (χ1n) is 9.41. The van der Waals surface area contributed by atoms with Crippen LogP contribution in [0, 0.1) is 0 Å². The highest BCUT2D eigenvalue weighted by Crippen LogP contribution is 2.24. The minimum absolute atomic E-state index is 0.0216. The fraction of sp³-hybridized carbons (Fsp3) is 0.217. The van der Waals surface area contributed by atoms with Gasteiger partial charge in [-0.2, -0.15) is 0 Å².